The SMILES string of the molecule is CCCc1conc1CCNC. The third-order valence-corrected chi connectivity index (χ3v) is 1.86. The van der Waals surface area contributed by atoms with Crippen molar-refractivity contribution in [2.24, 2.45) is 0 Å². The Morgan fingerprint density at radius 2 is 2.33 bits per heavy atom. The van der Waals surface area contributed by atoms with E-state index < -0.39 is 0 Å². The Kier molecular flexibility index (Phi) is 3.80. The van der Waals surface area contributed by atoms with E-state index in [2.05, 4.69) is 17.4 Å². The van der Waals surface area contributed by atoms with Crippen LogP contribution in [-0.2, 0) is 12.8 Å². The van der Waals surface area contributed by atoms with E-state index in [0.717, 1.165) is 31.5 Å². The van der Waals surface area contributed by atoms with Gasteiger partial charge in [-0.15, -0.1) is 0 Å². The van der Waals surface area contributed by atoms with Crippen molar-refractivity contribution in [3.63, 3.8) is 0 Å². The van der Waals surface area contributed by atoms with Crippen LogP contribution in [0.1, 0.15) is 24.6 Å². The molecular weight excluding hydrogens is 152 g/mol. The average Bonchev–Trinajstić information content (AvgIpc) is 2.50. The standard InChI is InChI=1S/C9H16N2O/c1-3-4-8-7-12-11-9(8)5-6-10-2/h7,10H,3-6H2,1-2H3. The minimum Gasteiger partial charge on any atom is -0.364 e. The molecule has 12 heavy (non-hydrogen) atoms. The van der Waals surface area contributed by atoms with Gasteiger partial charge in [-0.3, -0.25) is 0 Å². The van der Waals surface area contributed by atoms with Gasteiger partial charge in [0.15, 0.2) is 0 Å². The topological polar surface area (TPSA) is 38.1 Å². The van der Waals surface area contributed by atoms with Crippen molar-refractivity contribution in [3.05, 3.63) is 17.5 Å². The lowest BCUT2D eigenvalue weighted by atomic mass is 10.1. The minimum absolute atomic E-state index is 0.961. The van der Waals surface area contributed by atoms with Crippen molar-refractivity contribution in [1.29, 1.82) is 0 Å². The largest absolute Gasteiger partial charge is 0.364 e. The van der Waals surface area contributed by atoms with E-state index in [9.17, 15) is 0 Å². The molecule has 3 nitrogen and oxygen atoms in total. The van der Waals surface area contributed by atoms with E-state index >= 15 is 0 Å². The van der Waals surface area contributed by atoms with E-state index in [4.69, 9.17) is 4.52 Å². The summed E-state index contributed by atoms with van der Waals surface area (Å²) in [6, 6.07) is 0. The highest BCUT2D eigenvalue weighted by molar-refractivity contribution is 5.14. The van der Waals surface area contributed by atoms with Crippen LogP contribution in [0, 0.1) is 0 Å². The fourth-order valence-electron chi connectivity index (χ4n) is 1.20. The van der Waals surface area contributed by atoms with Crippen molar-refractivity contribution in [2.75, 3.05) is 13.6 Å². The summed E-state index contributed by atoms with van der Waals surface area (Å²) < 4.78 is 4.92. The van der Waals surface area contributed by atoms with Crippen LogP contribution in [0.4, 0.5) is 0 Å². The van der Waals surface area contributed by atoms with Crippen LogP contribution >= 0.6 is 0 Å². The minimum atomic E-state index is 0.961. The molecule has 1 aromatic heterocycles. The van der Waals surface area contributed by atoms with Gasteiger partial charge in [0.05, 0.1) is 5.69 Å². The second kappa shape index (κ2) is 4.93. The van der Waals surface area contributed by atoms with E-state index in [0.29, 0.717) is 0 Å². The Morgan fingerprint density at radius 3 is 3.00 bits per heavy atom. The number of aryl methyl sites for hydroxylation is 1. The van der Waals surface area contributed by atoms with Crippen LogP contribution in [0.2, 0.25) is 0 Å². The maximum atomic E-state index is 4.92. The summed E-state index contributed by atoms with van der Waals surface area (Å²) in [5.41, 5.74) is 2.36. The molecule has 0 aromatic carbocycles. The van der Waals surface area contributed by atoms with Crippen molar-refractivity contribution in [3.8, 4) is 0 Å². The molecule has 0 aliphatic carbocycles. The number of nitrogens with one attached hydrogen (secondary N) is 1. The van der Waals surface area contributed by atoms with Gasteiger partial charge in [-0.1, -0.05) is 18.5 Å². The summed E-state index contributed by atoms with van der Waals surface area (Å²) >= 11 is 0. The number of nitrogens with zero attached hydrogens (tertiary/aromatic N) is 1. The number of rotatable bonds is 5. The molecule has 0 fully saturated rings. The maximum absolute atomic E-state index is 4.92. The molecule has 0 radical (unpaired) electrons. The quantitative estimate of drug-likeness (QED) is 0.722. The molecule has 0 aliphatic rings. The van der Waals surface area contributed by atoms with Crippen molar-refractivity contribution in [2.45, 2.75) is 26.2 Å². The molecule has 1 N–H and O–H groups in total. The summed E-state index contributed by atoms with van der Waals surface area (Å²) in [5.74, 6) is 0. The van der Waals surface area contributed by atoms with Gasteiger partial charge in [0.1, 0.15) is 6.26 Å². The molecule has 0 saturated carbocycles. The first-order valence-electron chi connectivity index (χ1n) is 4.45. The molecule has 0 bridgehead atoms. The third kappa shape index (κ3) is 2.34. The molecule has 0 aliphatic heterocycles. The first-order chi connectivity index (χ1) is 5.88. The second-order valence-electron chi connectivity index (χ2n) is 2.89. The Labute approximate surface area is 73.1 Å². The predicted octanol–water partition coefficient (Wildman–Crippen LogP) is 1.39. The van der Waals surface area contributed by atoms with Gasteiger partial charge in [-0.25, -0.2) is 0 Å². The molecule has 0 spiro atoms. The number of hydrogen-bond donors (Lipinski definition) is 1. The molecule has 0 saturated heterocycles. The van der Waals surface area contributed by atoms with Crippen molar-refractivity contribution < 1.29 is 4.52 Å². The Hall–Kier alpha value is -0.830. The molecule has 0 unspecified atom stereocenters. The lowest BCUT2D eigenvalue weighted by Gasteiger charge is -1.97. The Balaban J connectivity index is 2.51. The third-order valence-electron chi connectivity index (χ3n) is 1.86. The van der Waals surface area contributed by atoms with Crippen LogP contribution in [0.3, 0.4) is 0 Å². The van der Waals surface area contributed by atoms with E-state index in [-0.39, 0.29) is 0 Å². The van der Waals surface area contributed by atoms with Gasteiger partial charge in [0.2, 0.25) is 0 Å². The average molecular weight is 168 g/mol. The zero-order chi connectivity index (χ0) is 8.81. The molecule has 68 valence electrons. The fourth-order valence-corrected chi connectivity index (χ4v) is 1.20. The number of hydrogen-bond acceptors (Lipinski definition) is 3. The van der Waals surface area contributed by atoms with Crippen LogP contribution < -0.4 is 5.32 Å². The van der Waals surface area contributed by atoms with Crippen LogP contribution in [0.25, 0.3) is 0 Å². The van der Waals surface area contributed by atoms with Crippen molar-refractivity contribution in [1.82, 2.24) is 10.5 Å². The molecule has 1 heterocycles. The normalized spacial score (nSPS) is 10.5. The highest BCUT2D eigenvalue weighted by atomic mass is 16.5. The molecular formula is C9H16N2O. The van der Waals surface area contributed by atoms with Crippen LogP contribution in [-0.4, -0.2) is 18.7 Å². The van der Waals surface area contributed by atoms with Gasteiger partial charge in [0.25, 0.3) is 0 Å². The highest BCUT2D eigenvalue weighted by Gasteiger charge is 2.04. The summed E-state index contributed by atoms with van der Waals surface area (Å²) in [5, 5.41) is 7.05. The maximum Gasteiger partial charge on any atom is 0.127 e. The van der Waals surface area contributed by atoms with E-state index in [1.54, 1.807) is 6.26 Å². The Bertz CT molecular complexity index is 220. The van der Waals surface area contributed by atoms with Crippen molar-refractivity contribution >= 4 is 0 Å². The van der Waals surface area contributed by atoms with Crippen LogP contribution in [0.15, 0.2) is 10.8 Å². The summed E-state index contributed by atoms with van der Waals surface area (Å²) in [7, 11) is 1.94. The van der Waals surface area contributed by atoms with Gasteiger partial charge in [0, 0.05) is 18.5 Å². The van der Waals surface area contributed by atoms with Gasteiger partial charge in [-0.2, -0.15) is 0 Å². The van der Waals surface area contributed by atoms with Gasteiger partial charge >= 0.3 is 0 Å². The molecule has 3 heteroatoms. The van der Waals surface area contributed by atoms with Gasteiger partial charge in [-0.05, 0) is 13.5 Å². The number of likely N-dealkylation sites (N-methyl/N-ethyl adjacent to an activating group) is 1. The second-order valence-corrected chi connectivity index (χ2v) is 2.89. The first-order valence-corrected chi connectivity index (χ1v) is 4.45. The predicted molar refractivity (Wildman–Crippen MR) is 48.1 cm³/mol. The zero-order valence-electron chi connectivity index (χ0n) is 7.76. The van der Waals surface area contributed by atoms with Gasteiger partial charge < -0.3 is 9.84 Å². The molecule has 0 amide bonds. The smallest absolute Gasteiger partial charge is 0.127 e. The van der Waals surface area contributed by atoms with E-state index in [1.165, 1.54) is 5.56 Å². The fraction of sp³-hybridized carbons (Fsp3) is 0.667. The Morgan fingerprint density at radius 1 is 1.50 bits per heavy atom. The summed E-state index contributed by atoms with van der Waals surface area (Å²) in [6.07, 6.45) is 4.94. The summed E-state index contributed by atoms with van der Waals surface area (Å²) in [4.78, 5) is 0. The summed E-state index contributed by atoms with van der Waals surface area (Å²) in [6.45, 7) is 3.12. The number of aromatic nitrogens is 1. The lowest BCUT2D eigenvalue weighted by molar-refractivity contribution is 0.410. The zero-order valence-corrected chi connectivity index (χ0v) is 7.76. The molecule has 0 atom stereocenters. The highest BCUT2D eigenvalue weighted by Crippen LogP contribution is 2.09. The monoisotopic (exact) mass is 168 g/mol. The van der Waals surface area contributed by atoms with Crippen LogP contribution in [0.5, 0.6) is 0 Å². The molecule has 1 aromatic rings. The molecule has 1 rings (SSSR count). The lowest BCUT2D eigenvalue weighted by Crippen LogP contribution is -2.11. The van der Waals surface area contributed by atoms with E-state index in [1.807, 2.05) is 7.05 Å². The first kappa shape index (κ1) is 9.26.